The molecule has 218 valence electrons. The number of rotatable bonds is 18. The molecule has 0 rings (SSSR count). The Balaban J connectivity index is 6.78. The fourth-order valence-electron chi connectivity index (χ4n) is 3.30. The van der Waals surface area contributed by atoms with Gasteiger partial charge in [0, 0.05) is 6.92 Å². The number of hydrogen-bond acceptors (Lipinski definition) is 12. The molecule has 0 saturated carbocycles. The number of nitrogens with one attached hydrogen (secondary N) is 2. The van der Waals surface area contributed by atoms with Crippen molar-refractivity contribution < 1.29 is 28.7 Å². The zero-order valence-corrected chi connectivity index (χ0v) is 24.2. The normalized spacial score (nSPS) is 12.9. The molecule has 0 bridgehead atoms. The molecule has 0 radical (unpaired) electrons. The van der Waals surface area contributed by atoms with E-state index < -0.39 is 46.7 Å². The summed E-state index contributed by atoms with van der Waals surface area (Å²) in [4.78, 5) is 54.7. The predicted octanol–water partition coefficient (Wildman–Crippen LogP) is -1.67. The van der Waals surface area contributed by atoms with Crippen LogP contribution >= 0.6 is 11.8 Å². The van der Waals surface area contributed by atoms with Crippen LogP contribution in [0.4, 0.5) is 0 Å². The van der Waals surface area contributed by atoms with Crippen molar-refractivity contribution >= 4 is 34.6 Å². The van der Waals surface area contributed by atoms with E-state index in [1.807, 2.05) is 0 Å². The second-order valence-electron chi connectivity index (χ2n) is 7.88. The zero-order chi connectivity index (χ0) is 32.1. The monoisotopic (exact) mass is 589 g/mol. The summed E-state index contributed by atoms with van der Waals surface area (Å²) in [7, 11) is 1.27. The maximum Gasteiger partial charge on any atom is 0.366 e. The highest BCUT2D eigenvalue weighted by Crippen LogP contribution is 2.20. The Bertz CT molecular complexity index is 1230. The van der Waals surface area contributed by atoms with Crippen LogP contribution in [0.5, 0.6) is 0 Å². The van der Waals surface area contributed by atoms with Gasteiger partial charge in [-0.25, -0.2) is 29.8 Å². The summed E-state index contributed by atoms with van der Waals surface area (Å²) < 4.78 is 10.9. The number of thioether (sulfide) groups is 1. The molecule has 42 heavy (non-hydrogen) atoms. The molecule has 3 atom stereocenters. The van der Waals surface area contributed by atoms with Crippen molar-refractivity contribution in [3.05, 3.63) is 0 Å². The Morgan fingerprint density at radius 3 is 1.71 bits per heavy atom. The summed E-state index contributed by atoms with van der Waals surface area (Å²) in [5.41, 5.74) is 0.234. The summed E-state index contributed by atoms with van der Waals surface area (Å²) in [6, 6.07) is 0. The zero-order valence-electron chi connectivity index (χ0n) is 23.3. The molecule has 0 fully saturated rings. The van der Waals surface area contributed by atoms with Crippen molar-refractivity contribution in [2.75, 3.05) is 52.1 Å². The molecule has 0 aromatic carbocycles. The number of terminal acetylenes is 7. The van der Waals surface area contributed by atoms with Crippen molar-refractivity contribution in [1.82, 2.24) is 25.6 Å². The predicted molar refractivity (Wildman–Crippen MR) is 159 cm³/mol. The van der Waals surface area contributed by atoms with Crippen LogP contribution in [0.2, 0.25) is 0 Å². The minimum Gasteiger partial charge on any atom is -0.431 e. The van der Waals surface area contributed by atoms with Gasteiger partial charge in [-0.3, -0.25) is 14.9 Å². The van der Waals surface area contributed by atoms with Gasteiger partial charge in [0.1, 0.15) is 0 Å². The number of esters is 2. The van der Waals surface area contributed by atoms with E-state index in [-0.39, 0.29) is 39.3 Å². The van der Waals surface area contributed by atoms with Crippen LogP contribution in [0.3, 0.4) is 0 Å². The number of Topliss-reactive ketones (excluding diaryl/α,β-unsaturated/α-hetero) is 1. The number of nitrogens with zero attached hydrogens (tertiary/aromatic N) is 3. The standard InChI is InChI=1S/C30H31N5O6S/c1-10-17-33(18-11-2)26(16-7)40-28(38)27(32-35(21-14-5)22-15-6)41-29(39)30(31-9,25(37)23-42-24(8)36)34(19-12-3)20-13-4/h1-7,26-27,31-32H,17-23H2,8-9H3. The maximum atomic E-state index is 13.9. The van der Waals surface area contributed by atoms with Gasteiger partial charge in [0.05, 0.1) is 45.0 Å². The van der Waals surface area contributed by atoms with Crippen molar-refractivity contribution in [2.24, 2.45) is 0 Å². The molecule has 0 aromatic rings. The summed E-state index contributed by atoms with van der Waals surface area (Å²) >= 11 is 0.640. The average molecular weight is 590 g/mol. The lowest BCUT2D eigenvalue weighted by Gasteiger charge is -2.39. The highest BCUT2D eigenvalue weighted by Gasteiger charge is 2.52. The van der Waals surface area contributed by atoms with Gasteiger partial charge in [0.25, 0.3) is 6.23 Å². The van der Waals surface area contributed by atoms with Gasteiger partial charge in [-0.15, -0.1) is 45.0 Å². The van der Waals surface area contributed by atoms with Crippen LogP contribution < -0.4 is 10.7 Å². The Kier molecular flexibility index (Phi) is 18.0. The molecule has 12 heteroatoms. The Morgan fingerprint density at radius 1 is 0.810 bits per heavy atom. The van der Waals surface area contributed by atoms with E-state index in [2.05, 4.69) is 52.2 Å². The van der Waals surface area contributed by atoms with Gasteiger partial charge >= 0.3 is 11.9 Å². The molecule has 0 heterocycles. The van der Waals surface area contributed by atoms with Crippen LogP contribution in [0.25, 0.3) is 0 Å². The lowest BCUT2D eigenvalue weighted by molar-refractivity contribution is -0.189. The summed E-state index contributed by atoms with van der Waals surface area (Å²) in [5, 5.41) is 3.40. The van der Waals surface area contributed by atoms with E-state index in [0.29, 0.717) is 11.8 Å². The van der Waals surface area contributed by atoms with Crippen molar-refractivity contribution in [2.45, 2.75) is 25.0 Å². The topological polar surface area (TPSA) is 121 Å². The third-order valence-electron chi connectivity index (χ3n) is 5.10. The number of hydrogen-bond donors (Lipinski definition) is 2. The molecule has 0 spiro atoms. The van der Waals surface area contributed by atoms with Crippen LogP contribution in [0, 0.1) is 86.4 Å². The summed E-state index contributed by atoms with van der Waals surface area (Å²) in [6.07, 6.45) is 34.7. The smallest absolute Gasteiger partial charge is 0.366 e. The van der Waals surface area contributed by atoms with E-state index in [4.69, 9.17) is 54.4 Å². The lowest BCUT2D eigenvalue weighted by Crippen LogP contribution is -2.70. The Morgan fingerprint density at radius 2 is 1.31 bits per heavy atom. The van der Waals surface area contributed by atoms with E-state index in [9.17, 15) is 19.2 Å². The highest BCUT2D eigenvalue weighted by molar-refractivity contribution is 8.14. The molecule has 0 aliphatic heterocycles. The lowest BCUT2D eigenvalue weighted by atomic mass is 10.0. The first kappa shape index (κ1) is 37.4. The third kappa shape index (κ3) is 11.1. The first-order chi connectivity index (χ1) is 20.1. The van der Waals surface area contributed by atoms with Crippen molar-refractivity contribution in [3.63, 3.8) is 0 Å². The first-order valence-electron chi connectivity index (χ1n) is 11.9. The summed E-state index contributed by atoms with van der Waals surface area (Å²) in [5.74, 6) is 12.4. The number of likely N-dealkylation sites (N-methyl/N-ethyl adjacent to an activating group) is 1. The molecule has 0 aromatic heterocycles. The molecule has 0 aliphatic rings. The van der Waals surface area contributed by atoms with Crippen molar-refractivity contribution in [1.29, 1.82) is 0 Å². The average Bonchev–Trinajstić information content (AvgIpc) is 2.95. The SMILES string of the molecule is C#CCN(CC#C)NC(OC(=O)C(NC)(C(=O)CSC(C)=O)N(CC#C)CC#C)C(=O)OC(C#C)N(CC#C)CC#C. The third-order valence-corrected chi connectivity index (χ3v) is 5.91. The molecule has 0 aliphatic carbocycles. The first-order valence-corrected chi connectivity index (χ1v) is 12.9. The van der Waals surface area contributed by atoms with Gasteiger partial charge in [-0.05, 0) is 13.0 Å². The van der Waals surface area contributed by atoms with E-state index in [0.717, 1.165) is 4.90 Å². The number of ketones is 1. The van der Waals surface area contributed by atoms with Gasteiger partial charge in [-0.1, -0.05) is 47.3 Å². The number of hydrazine groups is 1. The number of carbonyl (C=O) groups excluding carboxylic acids is 4. The van der Waals surface area contributed by atoms with Crippen LogP contribution in [0.15, 0.2) is 0 Å². The van der Waals surface area contributed by atoms with E-state index in [1.54, 1.807) is 0 Å². The van der Waals surface area contributed by atoms with Gasteiger partial charge in [-0.2, -0.15) is 0 Å². The van der Waals surface area contributed by atoms with Gasteiger partial charge < -0.3 is 9.47 Å². The molecule has 3 unspecified atom stereocenters. The fourth-order valence-corrected chi connectivity index (χ4v) is 3.84. The summed E-state index contributed by atoms with van der Waals surface area (Å²) in [6.45, 7) is 0.195. The second-order valence-corrected chi connectivity index (χ2v) is 9.03. The van der Waals surface area contributed by atoms with E-state index >= 15 is 0 Å². The molecule has 0 amide bonds. The quantitative estimate of drug-likeness (QED) is 0.0626. The second kappa shape index (κ2) is 20.3. The van der Waals surface area contributed by atoms with Crippen LogP contribution in [-0.4, -0.2) is 108 Å². The van der Waals surface area contributed by atoms with Crippen LogP contribution in [-0.2, 0) is 28.7 Å². The van der Waals surface area contributed by atoms with E-state index in [1.165, 1.54) is 23.9 Å². The number of carbonyl (C=O) groups is 4. The van der Waals surface area contributed by atoms with Crippen LogP contribution in [0.1, 0.15) is 6.92 Å². The van der Waals surface area contributed by atoms with Gasteiger partial charge in [0.2, 0.25) is 11.9 Å². The minimum absolute atomic E-state index is 0.0805. The Labute approximate surface area is 252 Å². The Hall–Kier alpha value is -4.65. The number of ether oxygens (including phenoxy) is 2. The minimum atomic E-state index is -2.34. The fraction of sp³-hybridized carbons (Fsp3) is 0.400. The maximum absolute atomic E-state index is 13.9. The molecular weight excluding hydrogens is 558 g/mol. The van der Waals surface area contributed by atoms with Crippen molar-refractivity contribution in [3.8, 4) is 86.4 Å². The highest BCUT2D eigenvalue weighted by atomic mass is 32.2. The molecule has 0 saturated heterocycles. The molecular formula is C30H31N5O6S. The molecule has 11 nitrogen and oxygen atoms in total. The molecule has 2 N–H and O–H groups in total. The van der Waals surface area contributed by atoms with Gasteiger partial charge in [0.15, 0.2) is 10.9 Å². The largest absolute Gasteiger partial charge is 0.431 e.